The van der Waals surface area contributed by atoms with Gasteiger partial charge in [0.15, 0.2) is 0 Å². The van der Waals surface area contributed by atoms with Crippen LogP contribution < -0.4 is 10.6 Å². The van der Waals surface area contributed by atoms with E-state index in [-0.39, 0.29) is 11.8 Å². The van der Waals surface area contributed by atoms with Crippen LogP contribution in [0.2, 0.25) is 0 Å². The summed E-state index contributed by atoms with van der Waals surface area (Å²) < 4.78 is 12.3. The van der Waals surface area contributed by atoms with Crippen molar-refractivity contribution in [2.75, 3.05) is 4.90 Å². The zero-order valence-corrected chi connectivity index (χ0v) is 19.3. The number of carbonyl (C=O) groups is 1. The zero-order valence-electron chi connectivity index (χ0n) is 19.3. The molecule has 2 saturated heterocycles. The molecule has 8 nitrogen and oxygen atoms in total. The molecular weight excluding hydrogens is 430 g/mol. The molecule has 3 aromatic rings. The van der Waals surface area contributed by atoms with Gasteiger partial charge in [-0.05, 0) is 51.5 Å². The quantitative estimate of drug-likeness (QED) is 0.566. The third-order valence-electron chi connectivity index (χ3n) is 7.29. The molecule has 176 valence electrons. The molecule has 1 amide bonds. The molecule has 34 heavy (non-hydrogen) atoms. The lowest BCUT2D eigenvalue weighted by Gasteiger charge is -2.39. The zero-order chi connectivity index (χ0) is 23.2. The second-order valence-electron chi connectivity index (χ2n) is 9.77. The van der Waals surface area contributed by atoms with E-state index >= 15 is 0 Å². The van der Waals surface area contributed by atoms with Crippen molar-refractivity contribution in [1.82, 2.24) is 15.1 Å². The van der Waals surface area contributed by atoms with Crippen LogP contribution in [0.4, 0.5) is 5.95 Å². The van der Waals surface area contributed by atoms with Crippen molar-refractivity contribution in [2.24, 2.45) is 5.73 Å². The van der Waals surface area contributed by atoms with Crippen LogP contribution >= 0.6 is 0 Å². The van der Waals surface area contributed by atoms with Crippen LogP contribution in [0.15, 0.2) is 40.9 Å². The summed E-state index contributed by atoms with van der Waals surface area (Å²) in [4.78, 5) is 23.1. The smallest absolute Gasteiger partial charge is 0.267 e. The van der Waals surface area contributed by atoms with Crippen molar-refractivity contribution in [1.29, 1.82) is 0 Å². The maximum absolute atomic E-state index is 11.7. The number of hydrogen-bond donors (Lipinski definition) is 1. The lowest BCUT2D eigenvalue weighted by atomic mass is 9.99. The number of benzene rings is 1. The van der Waals surface area contributed by atoms with Crippen molar-refractivity contribution in [3.8, 4) is 11.3 Å². The summed E-state index contributed by atoms with van der Waals surface area (Å²) >= 11 is 0. The van der Waals surface area contributed by atoms with Crippen LogP contribution in [0.5, 0.6) is 0 Å². The largest absolute Gasteiger partial charge is 0.373 e. The molecular formula is C26H29N5O3. The molecule has 4 heterocycles. The van der Waals surface area contributed by atoms with Crippen molar-refractivity contribution in [3.05, 3.63) is 59.1 Å². The molecule has 0 radical (unpaired) electrons. The van der Waals surface area contributed by atoms with Gasteiger partial charge in [-0.25, -0.2) is 9.97 Å². The highest BCUT2D eigenvalue weighted by atomic mass is 16.5. The Bertz CT molecular complexity index is 1190. The van der Waals surface area contributed by atoms with E-state index in [2.05, 4.69) is 32.2 Å². The van der Waals surface area contributed by atoms with Gasteiger partial charge < -0.3 is 19.9 Å². The Kier molecular flexibility index (Phi) is 5.32. The SMILES string of the molecule is Cc1cc(C(N)=O)nc(N2C3CC[C@H]2C[C@H](OCc2c(-c4ccccc4)noc2C2CC2)C3)n1. The minimum absolute atomic E-state index is 0.153. The number of carbonyl (C=O) groups excluding carboxylic acids is 1. The average molecular weight is 460 g/mol. The van der Waals surface area contributed by atoms with Gasteiger partial charge in [0, 0.05) is 34.8 Å². The highest BCUT2D eigenvalue weighted by Crippen LogP contribution is 2.45. The van der Waals surface area contributed by atoms with E-state index in [1.807, 2.05) is 25.1 Å². The molecule has 1 aliphatic carbocycles. The predicted molar refractivity (Wildman–Crippen MR) is 126 cm³/mol. The number of nitrogens with zero attached hydrogens (tertiary/aromatic N) is 4. The lowest BCUT2D eigenvalue weighted by molar-refractivity contribution is 0.0144. The monoisotopic (exact) mass is 459 g/mol. The van der Waals surface area contributed by atoms with Crippen LogP contribution in [-0.4, -0.2) is 39.2 Å². The molecule has 3 atom stereocenters. The summed E-state index contributed by atoms with van der Waals surface area (Å²) in [6, 6.07) is 12.4. The van der Waals surface area contributed by atoms with Gasteiger partial charge in [-0.15, -0.1) is 0 Å². The Hall–Kier alpha value is -3.26. The van der Waals surface area contributed by atoms with Crippen LogP contribution in [0, 0.1) is 6.92 Å². The number of anilines is 1. The van der Waals surface area contributed by atoms with Crippen molar-refractivity contribution in [3.63, 3.8) is 0 Å². The molecule has 2 aliphatic heterocycles. The molecule has 1 saturated carbocycles. The molecule has 3 aliphatic rings. The van der Waals surface area contributed by atoms with Gasteiger partial charge >= 0.3 is 0 Å². The second kappa shape index (κ2) is 8.51. The van der Waals surface area contributed by atoms with Crippen molar-refractivity contribution in [2.45, 2.75) is 76.2 Å². The third kappa shape index (κ3) is 3.96. The van der Waals surface area contributed by atoms with Crippen LogP contribution in [-0.2, 0) is 11.3 Å². The molecule has 8 heteroatoms. The normalized spacial score (nSPS) is 23.9. The van der Waals surface area contributed by atoms with Gasteiger partial charge in [-0.3, -0.25) is 4.79 Å². The number of rotatable bonds is 7. The summed E-state index contributed by atoms with van der Waals surface area (Å²) in [5.41, 5.74) is 9.57. The maximum atomic E-state index is 11.7. The van der Waals surface area contributed by atoms with E-state index < -0.39 is 5.91 Å². The number of nitrogens with two attached hydrogens (primary N) is 1. The van der Waals surface area contributed by atoms with E-state index in [1.165, 1.54) is 0 Å². The first-order valence-corrected chi connectivity index (χ1v) is 12.2. The van der Waals surface area contributed by atoms with E-state index in [9.17, 15) is 4.79 Å². The fourth-order valence-electron chi connectivity index (χ4n) is 5.54. The predicted octanol–water partition coefficient (Wildman–Crippen LogP) is 4.13. The standard InChI is InChI=1S/C26H29N5O3/c1-15-11-22(25(27)32)29-26(28-15)31-18-9-10-19(31)13-20(12-18)33-14-21-23(16-5-3-2-4-6-16)30-34-24(21)17-7-8-17/h2-6,11,17-20H,7-10,12-14H2,1H3,(H2,27,32)/t18-,19?,20-/m0/s1. The van der Waals surface area contributed by atoms with Crippen LogP contribution in [0.25, 0.3) is 11.3 Å². The minimum atomic E-state index is -0.522. The van der Waals surface area contributed by atoms with Crippen molar-refractivity contribution >= 4 is 11.9 Å². The Morgan fingerprint density at radius 2 is 1.85 bits per heavy atom. The third-order valence-corrected chi connectivity index (χ3v) is 7.29. The van der Waals surface area contributed by atoms with Gasteiger partial charge in [0.25, 0.3) is 5.91 Å². The summed E-state index contributed by atoms with van der Waals surface area (Å²) in [6.45, 7) is 2.38. The second-order valence-corrected chi connectivity index (χ2v) is 9.77. The first kappa shape index (κ1) is 21.3. The van der Waals surface area contributed by atoms with Crippen LogP contribution in [0.1, 0.15) is 71.9 Å². The van der Waals surface area contributed by atoms with E-state index in [1.54, 1.807) is 6.07 Å². The summed E-state index contributed by atoms with van der Waals surface area (Å²) in [7, 11) is 0. The van der Waals surface area contributed by atoms with E-state index in [0.29, 0.717) is 30.6 Å². The fraction of sp³-hybridized carbons (Fsp3) is 0.462. The number of ether oxygens (including phenoxy) is 1. The topological polar surface area (TPSA) is 107 Å². The number of aromatic nitrogens is 3. The average Bonchev–Trinajstić information content (AvgIpc) is 3.53. The fourth-order valence-corrected chi connectivity index (χ4v) is 5.54. The summed E-state index contributed by atoms with van der Waals surface area (Å²) in [6.07, 6.45) is 6.42. The Labute approximate surface area is 198 Å². The Morgan fingerprint density at radius 3 is 2.53 bits per heavy atom. The van der Waals surface area contributed by atoms with Crippen molar-refractivity contribution < 1.29 is 14.1 Å². The lowest BCUT2D eigenvalue weighted by Crippen LogP contribution is -2.46. The molecule has 2 aromatic heterocycles. The first-order chi connectivity index (χ1) is 16.6. The van der Waals surface area contributed by atoms with Gasteiger partial charge in [0.1, 0.15) is 17.1 Å². The van der Waals surface area contributed by atoms with Gasteiger partial charge in [0.2, 0.25) is 5.95 Å². The highest BCUT2D eigenvalue weighted by Gasteiger charge is 2.43. The number of fused-ring (bicyclic) bond motifs is 2. The molecule has 2 bridgehead atoms. The number of amides is 1. The van der Waals surface area contributed by atoms with Gasteiger partial charge in [-0.2, -0.15) is 0 Å². The Morgan fingerprint density at radius 1 is 1.12 bits per heavy atom. The maximum Gasteiger partial charge on any atom is 0.267 e. The number of hydrogen-bond acceptors (Lipinski definition) is 7. The first-order valence-electron chi connectivity index (χ1n) is 12.2. The number of piperidine rings is 1. The molecule has 6 rings (SSSR count). The molecule has 2 N–H and O–H groups in total. The molecule has 1 aromatic carbocycles. The highest BCUT2D eigenvalue weighted by molar-refractivity contribution is 5.91. The Balaban J connectivity index is 1.19. The minimum Gasteiger partial charge on any atom is -0.373 e. The van der Waals surface area contributed by atoms with Crippen LogP contribution in [0.3, 0.4) is 0 Å². The molecule has 1 unspecified atom stereocenters. The van der Waals surface area contributed by atoms with E-state index in [0.717, 1.165) is 66.8 Å². The molecule has 3 fully saturated rings. The summed E-state index contributed by atoms with van der Waals surface area (Å²) in [5, 5.41) is 4.42. The van der Waals surface area contributed by atoms with Gasteiger partial charge in [0.05, 0.1) is 12.7 Å². The van der Waals surface area contributed by atoms with Gasteiger partial charge in [-0.1, -0.05) is 35.5 Å². The van der Waals surface area contributed by atoms with E-state index in [4.69, 9.17) is 15.0 Å². The summed E-state index contributed by atoms with van der Waals surface area (Å²) in [5.74, 6) is 1.55. The number of primary amides is 1. The molecule has 0 spiro atoms. The number of aryl methyl sites for hydroxylation is 1.